The Kier molecular flexibility index (Phi) is 5.79. The van der Waals surface area contributed by atoms with E-state index in [4.69, 9.17) is 14.0 Å². The van der Waals surface area contributed by atoms with Gasteiger partial charge in [0.05, 0.1) is 14.2 Å². The molecule has 8 nitrogen and oxygen atoms in total. The van der Waals surface area contributed by atoms with Gasteiger partial charge in [-0.1, -0.05) is 35.5 Å². The molecule has 0 bridgehead atoms. The number of methoxy groups -OCH3 is 2. The van der Waals surface area contributed by atoms with Crippen LogP contribution in [0.1, 0.15) is 0 Å². The average molecular weight is 416 g/mol. The van der Waals surface area contributed by atoms with Crippen molar-refractivity contribution in [1.82, 2.24) is 10.1 Å². The summed E-state index contributed by atoms with van der Waals surface area (Å²) in [6, 6.07) is 21.4. The number of aromatic nitrogens is 2. The van der Waals surface area contributed by atoms with Crippen LogP contribution in [0.4, 0.5) is 16.2 Å². The van der Waals surface area contributed by atoms with Gasteiger partial charge in [-0.25, -0.2) is 4.79 Å². The molecule has 0 radical (unpaired) electrons. The maximum atomic E-state index is 12.2. The molecule has 4 rings (SSSR count). The summed E-state index contributed by atoms with van der Waals surface area (Å²) < 4.78 is 16.0. The first-order valence-electron chi connectivity index (χ1n) is 9.45. The minimum atomic E-state index is -0.347. The van der Waals surface area contributed by atoms with Crippen molar-refractivity contribution in [3.05, 3.63) is 72.8 Å². The lowest BCUT2D eigenvalue weighted by Crippen LogP contribution is -2.19. The molecule has 2 N–H and O–H groups in total. The summed E-state index contributed by atoms with van der Waals surface area (Å²) in [4.78, 5) is 16.7. The number of rotatable bonds is 6. The molecular formula is C23H20N4O4. The third-order valence-electron chi connectivity index (χ3n) is 4.43. The Morgan fingerprint density at radius 2 is 1.48 bits per heavy atom. The van der Waals surface area contributed by atoms with Crippen LogP contribution < -0.4 is 20.1 Å². The Bertz CT molecular complexity index is 1170. The van der Waals surface area contributed by atoms with Crippen molar-refractivity contribution < 1.29 is 18.8 Å². The van der Waals surface area contributed by atoms with Gasteiger partial charge in [-0.15, -0.1) is 0 Å². The first-order valence-corrected chi connectivity index (χ1v) is 9.45. The van der Waals surface area contributed by atoms with Crippen LogP contribution in [-0.2, 0) is 0 Å². The fraction of sp³-hybridized carbons (Fsp3) is 0.0870. The molecule has 4 aromatic rings. The Labute approximate surface area is 178 Å². The van der Waals surface area contributed by atoms with Crippen LogP contribution in [0, 0.1) is 0 Å². The number of hydrogen-bond donors (Lipinski definition) is 2. The number of benzene rings is 3. The van der Waals surface area contributed by atoms with Crippen LogP contribution in [0.2, 0.25) is 0 Å². The number of nitrogens with zero attached hydrogens (tertiary/aromatic N) is 2. The number of anilines is 2. The van der Waals surface area contributed by atoms with Crippen molar-refractivity contribution in [3.63, 3.8) is 0 Å². The van der Waals surface area contributed by atoms with Crippen LogP contribution in [0.25, 0.3) is 22.8 Å². The van der Waals surface area contributed by atoms with E-state index in [1.807, 2.05) is 36.4 Å². The number of carbonyl (C=O) groups excluding carboxylic acids is 1. The maximum absolute atomic E-state index is 12.2. The fourth-order valence-corrected chi connectivity index (χ4v) is 2.94. The smallest absolute Gasteiger partial charge is 0.323 e. The van der Waals surface area contributed by atoms with Crippen molar-refractivity contribution in [2.75, 3.05) is 24.9 Å². The minimum absolute atomic E-state index is 0.326. The molecule has 1 heterocycles. The highest BCUT2D eigenvalue weighted by atomic mass is 16.5. The summed E-state index contributed by atoms with van der Waals surface area (Å²) in [6.07, 6.45) is 0. The summed E-state index contributed by atoms with van der Waals surface area (Å²) in [6.45, 7) is 0. The summed E-state index contributed by atoms with van der Waals surface area (Å²) in [5.41, 5.74) is 2.67. The summed E-state index contributed by atoms with van der Waals surface area (Å²) in [5, 5.41) is 9.64. The zero-order valence-electron chi connectivity index (χ0n) is 17.0. The molecular weight excluding hydrogens is 396 g/mol. The zero-order valence-corrected chi connectivity index (χ0v) is 17.0. The zero-order chi connectivity index (χ0) is 21.6. The van der Waals surface area contributed by atoms with E-state index in [2.05, 4.69) is 20.8 Å². The lowest BCUT2D eigenvalue weighted by atomic mass is 10.2. The van der Waals surface area contributed by atoms with Gasteiger partial charge in [-0.3, -0.25) is 0 Å². The number of nitrogens with one attached hydrogen (secondary N) is 2. The van der Waals surface area contributed by atoms with Gasteiger partial charge in [-0.2, -0.15) is 4.98 Å². The molecule has 156 valence electrons. The molecule has 0 saturated heterocycles. The van der Waals surface area contributed by atoms with Crippen LogP contribution in [0.5, 0.6) is 11.5 Å². The van der Waals surface area contributed by atoms with E-state index in [0.717, 1.165) is 0 Å². The number of urea groups is 1. The second-order valence-corrected chi connectivity index (χ2v) is 6.55. The van der Waals surface area contributed by atoms with Gasteiger partial charge in [0.2, 0.25) is 5.82 Å². The molecule has 31 heavy (non-hydrogen) atoms. The van der Waals surface area contributed by atoms with E-state index in [0.29, 0.717) is 45.7 Å². The molecule has 0 aliphatic carbocycles. The van der Waals surface area contributed by atoms with E-state index in [-0.39, 0.29) is 6.03 Å². The molecule has 0 atom stereocenters. The second-order valence-electron chi connectivity index (χ2n) is 6.55. The Morgan fingerprint density at radius 1 is 0.806 bits per heavy atom. The second kappa shape index (κ2) is 9.00. The molecule has 0 aliphatic rings. The average Bonchev–Trinajstić information content (AvgIpc) is 3.30. The topological polar surface area (TPSA) is 98.5 Å². The maximum Gasteiger partial charge on any atom is 0.323 e. The summed E-state index contributed by atoms with van der Waals surface area (Å²) in [5.74, 6) is 1.95. The molecule has 0 spiro atoms. The highest BCUT2D eigenvalue weighted by Gasteiger charge is 2.14. The molecule has 0 saturated carbocycles. The molecule has 2 amide bonds. The predicted molar refractivity (Wildman–Crippen MR) is 117 cm³/mol. The molecule has 8 heteroatoms. The number of ether oxygens (including phenoxy) is 2. The van der Waals surface area contributed by atoms with Gasteiger partial charge in [-0.05, 0) is 36.4 Å². The molecule has 0 fully saturated rings. The summed E-state index contributed by atoms with van der Waals surface area (Å²) in [7, 11) is 3.15. The Morgan fingerprint density at radius 3 is 2.19 bits per heavy atom. The predicted octanol–water partition coefficient (Wildman–Crippen LogP) is 5.06. The van der Waals surface area contributed by atoms with Gasteiger partial charge in [0.1, 0.15) is 11.5 Å². The first-order chi connectivity index (χ1) is 15.1. The van der Waals surface area contributed by atoms with E-state index in [1.165, 1.54) is 0 Å². The molecule has 0 aliphatic heterocycles. The largest absolute Gasteiger partial charge is 0.497 e. The third-order valence-corrected chi connectivity index (χ3v) is 4.43. The van der Waals surface area contributed by atoms with Crippen molar-refractivity contribution in [1.29, 1.82) is 0 Å². The van der Waals surface area contributed by atoms with Crippen LogP contribution >= 0.6 is 0 Å². The van der Waals surface area contributed by atoms with Crippen LogP contribution in [0.15, 0.2) is 77.3 Å². The van der Waals surface area contributed by atoms with Gasteiger partial charge in [0.25, 0.3) is 5.89 Å². The van der Waals surface area contributed by atoms with Gasteiger partial charge in [0, 0.05) is 28.6 Å². The van der Waals surface area contributed by atoms with Gasteiger partial charge >= 0.3 is 6.03 Å². The monoisotopic (exact) mass is 416 g/mol. The van der Waals surface area contributed by atoms with E-state index < -0.39 is 0 Å². The number of amides is 2. The number of hydrogen-bond acceptors (Lipinski definition) is 6. The number of para-hydroxylation sites is 1. The van der Waals surface area contributed by atoms with Crippen molar-refractivity contribution in [2.45, 2.75) is 0 Å². The third kappa shape index (κ3) is 4.81. The molecule has 3 aromatic carbocycles. The first kappa shape index (κ1) is 20.0. The lowest BCUT2D eigenvalue weighted by Gasteiger charge is -2.08. The molecule has 0 unspecified atom stereocenters. The quantitative estimate of drug-likeness (QED) is 0.456. The van der Waals surface area contributed by atoms with E-state index in [9.17, 15) is 4.79 Å². The SMILES string of the molecule is COc1cc(OC)cc(-c2nc(-c3cccc(NC(=O)Nc4ccccc4)c3)no2)c1. The van der Waals surface area contributed by atoms with E-state index >= 15 is 0 Å². The van der Waals surface area contributed by atoms with Crippen molar-refractivity contribution in [3.8, 4) is 34.3 Å². The van der Waals surface area contributed by atoms with Gasteiger partial charge < -0.3 is 24.6 Å². The van der Waals surface area contributed by atoms with Crippen molar-refractivity contribution in [2.24, 2.45) is 0 Å². The molecule has 1 aromatic heterocycles. The van der Waals surface area contributed by atoms with Crippen LogP contribution in [0.3, 0.4) is 0 Å². The Hall–Kier alpha value is -4.33. The lowest BCUT2D eigenvalue weighted by molar-refractivity contribution is 0.262. The Balaban J connectivity index is 1.52. The highest BCUT2D eigenvalue weighted by Crippen LogP contribution is 2.30. The minimum Gasteiger partial charge on any atom is -0.497 e. The fourth-order valence-electron chi connectivity index (χ4n) is 2.94. The van der Waals surface area contributed by atoms with Crippen LogP contribution in [-0.4, -0.2) is 30.4 Å². The van der Waals surface area contributed by atoms with Gasteiger partial charge in [0.15, 0.2) is 0 Å². The standard InChI is InChI=1S/C23H20N4O4/c1-29-19-12-16(13-20(14-19)30-2)22-26-21(27-31-22)15-7-6-10-18(11-15)25-23(28)24-17-8-4-3-5-9-17/h3-14H,1-2H3,(H2,24,25,28). The van der Waals surface area contributed by atoms with Crippen molar-refractivity contribution >= 4 is 17.4 Å². The van der Waals surface area contributed by atoms with E-state index in [1.54, 1.807) is 50.6 Å². The normalized spacial score (nSPS) is 10.4. The highest BCUT2D eigenvalue weighted by molar-refractivity contribution is 6.00. The number of carbonyl (C=O) groups is 1. The summed E-state index contributed by atoms with van der Waals surface area (Å²) >= 11 is 0.